The number of carbonyl (C=O) groups is 2. The van der Waals surface area contributed by atoms with Gasteiger partial charge in [0.15, 0.2) is 6.10 Å². The monoisotopic (exact) mass is 465 g/mol. The second kappa shape index (κ2) is 8.17. The molecule has 0 aromatic heterocycles. The van der Waals surface area contributed by atoms with Crippen LogP contribution in [0.5, 0.6) is 0 Å². The van der Waals surface area contributed by atoms with Gasteiger partial charge in [-0.25, -0.2) is 14.4 Å². The van der Waals surface area contributed by atoms with Gasteiger partial charge in [0.2, 0.25) is 5.91 Å². The van der Waals surface area contributed by atoms with E-state index in [1.54, 1.807) is 29.3 Å². The molecular weight excluding hydrogens is 445 g/mol. The summed E-state index contributed by atoms with van der Waals surface area (Å²) in [6, 6.07) is 19.6. The maximum Gasteiger partial charge on any atom is 0.266 e. The lowest BCUT2D eigenvalue weighted by Crippen LogP contribution is -2.37. The van der Waals surface area contributed by atoms with Crippen molar-refractivity contribution in [2.24, 2.45) is 5.92 Å². The summed E-state index contributed by atoms with van der Waals surface area (Å²) < 4.78 is 13.4. The Bertz CT molecular complexity index is 1200. The topological polar surface area (TPSA) is 53.1 Å². The fourth-order valence-corrected chi connectivity index (χ4v) is 4.51. The summed E-state index contributed by atoms with van der Waals surface area (Å²) in [5, 5.41) is 2.19. The van der Waals surface area contributed by atoms with E-state index in [-0.39, 0.29) is 5.91 Å². The number of carbonyl (C=O) groups excluding carboxylic acids is 2. The minimum Gasteiger partial charge on any atom is -0.378 e. The molecule has 6 nitrogen and oxygen atoms in total. The zero-order valence-electron chi connectivity index (χ0n) is 18.0. The van der Waals surface area contributed by atoms with Gasteiger partial charge in [0, 0.05) is 24.8 Å². The van der Waals surface area contributed by atoms with Gasteiger partial charge >= 0.3 is 0 Å². The largest absolute Gasteiger partial charge is 0.378 e. The highest BCUT2D eigenvalue weighted by atomic mass is 35.5. The predicted molar refractivity (Wildman–Crippen MR) is 125 cm³/mol. The highest BCUT2D eigenvalue weighted by molar-refractivity contribution is 6.30. The Morgan fingerprint density at radius 3 is 2.06 bits per heavy atom. The summed E-state index contributed by atoms with van der Waals surface area (Å²) in [6.45, 7) is 0. The van der Waals surface area contributed by atoms with Crippen LogP contribution in [-0.2, 0) is 14.4 Å². The molecule has 2 amide bonds. The third kappa shape index (κ3) is 3.63. The van der Waals surface area contributed by atoms with Crippen molar-refractivity contribution in [3.8, 4) is 0 Å². The van der Waals surface area contributed by atoms with E-state index in [2.05, 4.69) is 0 Å². The molecule has 0 unspecified atom stereocenters. The zero-order chi connectivity index (χ0) is 23.3. The van der Waals surface area contributed by atoms with Gasteiger partial charge in [0.25, 0.3) is 5.91 Å². The Kier molecular flexibility index (Phi) is 5.31. The van der Waals surface area contributed by atoms with Crippen LogP contribution in [0.1, 0.15) is 11.6 Å². The van der Waals surface area contributed by atoms with Crippen molar-refractivity contribution in [3.05, 3.63) is 89.2 Å². The second-order valence-electron chi connectivity index (χ2n) is 8.27. The van der Waals surface area contributed by atoms with Crippen molar-refractivity contribution in [1.82, 2.24) is 0 Å². The lowest BCUT2D eigenvalue weighted by molar-refractivity contribution is -0.126. The molecule has 2 heterocycles. The van der Waals surface area contributed by atoms with E-state index >= 15 is 0 Å². The van der Waals surface area contributed by atoms with Crippen molar-refractivity contribution < 1.29 is 18.8 Å². The quantitative estimate of drug-likeness (QED) is 0.527. The van der Waals surface area contributed by atoms with Gasteiger partial charge in [-0.15, -0.1) is 0 Å². The van der Waals surface area contributed by atoms with Gasteiger partial charge in [-0.05, 0) is 66.2 Å². The first-order valence-corrected chi connectivity index (χ1v) is 10.8. The molecule has 2 aliphatic rings. The molecule has 168 valence electrons. The zero-order valence-corrected chi connectivity index (χ0v) is 18.7. The normalized spacial score (nSPS) is 22.1. The van der Waals surface area contributed by atoms with E-state index in [9.17, 15) is 14.0 Å². The molecule has 3 aromatic carbocycles. The van der Waals surface area contributed by atoms with E-state index in [4.69, 9.17) is 16.4 Å². The number of benzene rings is 3. The molecule has 2 aliphatic heterocycles. The molecule has 0 bridgehead atoms. The molecule has 2 fully saturated rings. The van der Waals surface area contributed by atoms with Crippen molar-refractivity contribution in [2.75, 3.05) is 29.0 Å². The summed E-state index contributed by atoms with van der Waals surface area (Å²) >= 11 is 6.05. The van der Waals surface area contributed by atoms with Crippen molar-refractivity contribution in [3.63, 3.8) is 0 Å². The molecule has 0 aliphatic carbocycles. The SMILES string of the molecule is CN(C)c1ccc([C@H]2[C@@H]3C(=O)N(c4ccc(F)cc4)C(=O)[C@H]3ON2c2ccc(Cl)cc2)cc1. The van der Waals surface area contributed by atoms with Gasteiger partial charge < -0.3 is 4.90 Å². The van der Waals surface area contributed by atoms with Gasteiger partial charge in [-0.2, -0.15) is 0 Å². The van der Waals surface area contributed by atoms with E-state index in [0.717, 1.165) is 16.2 Å². The fraction of sp³-hybridized carbons (Fsp3) is 0.200. The Hall–Kier alpha value is -3.42. The van der Waals surface area contributed by atoms with Crippen LogP contribution in [0.15, 0.2) is 72.8 Å². The number of anilines is 3. The average molecular weight is 466 g/mol. The molecule has 0 saturated carbocycles. The van der Waals surface area contributed by atoms with Crippen LogP contribution in [-0.4, -0.2) is 32.0 Å². The molecule has 3 atom stereocenters. The van der Waals surface area contributed by atoms with Gasteiger partial charge in [0.05, 0.1) is 17.4 Å². The second-order valence-corrected chi connectivity index (χ2v) is 8.71. The third-order valence-corrected chi connectivity index (χ3v) is 6.28. The van der Waals surface area contributed by atoms with Crippen molar-refractivity contribution in [1.29, 1.82) is 0 Å². The Morgan fingerprint density at radius 1 is 0.848 bits per heavy atom. The maximum absolute atomic E-state index is 13.5. The van der Waals surface area contributed by atoms with Crippen molar-refractivity contribution >= 4 is 40.5 Å². The molecule has 0 radical (unpaired) electrons. The fourth-order valence-electron chi connectivity index (χ4n) is 4.38. The van der Waals surface area contributed by atoms with Crippen molar-refractivity contribution in [2.45, 2.75) is 12.1 Å². The summed E-state index contributed by atoms with van der Waals surface area (Å²) in [7, 11) is 3.90. The number of halogens is 2. The van der Waals surface area contributed by atoms with E-state index in [0.29, 0.717) is 16.4 Å². The summed E-state index contributed by atoms with van der Waals surface area (Å²) in [6.07, 6.45) is -0.989. The molecule has 0 spiro atoms. The number of rotatable bonds is 4. The molecule has 8 heteroatoms. The van der Waals surface area contributed by atoms with Crippen LogP contribution in [0.2, 0.25) is 5.02 Å². The van der Waals surface area contributed by atoms with Crippen LogP contribution in [0, 0.1) is 11.7 Å². The number of nitrogens with zero attached hydrogens (tertiary/aromatic N) is 3. The van der Waals surface area contributed by atoms with Crippen LogP contribution in [0.4, 0.5) is 21.5 Å². The number of hydrogen-bond acceptors (Lipinski definition) is 5. The van der Waals surface area contributed by atoms with E-state index in [1.165, 1.54) is 24.3 Å². The number of amides is 2. The molecule has 2 saturated heterocycles. The number of imide groups is 1. The van der Waals surface area contributed by atoms with Gasteiger partial charge in [0.1, 0.15) is 11.7 Å². The molecule has 0 N–H and O–H groups in total. The minimum absolute atomic E-state index is 0.323. The van der Waals surface area contributed by atoms with Gasteiger partial charge in [-0.3, -0.25) is 14.4 Å². The van der Waals surface area contributed by atoms with E-state index in [1.807, 2.05) is 43.3 Å². The number of hydroxylamine groups is 1. The smallest absolute Gasteiger partial charge is 0.266 e. The van der Waals surface area contributed by atoms with Crippen LogP contribution >= 0.6 is 11.6 Å². The molecule has 5 rings (SSSR count). The summed E-state index contributed by atoms with van der Waals surface area (Å²) in [5.41, 5.74) is 2.85. The molecular formula is C25H21ClFN3O3. The van der Waals surface area contributed by atoms with E-state index < -0.39 is 29.8 Å². The summed E-state index contributed by atoms with van der Waals surface area (Å²) in [5.74, 6) is -2.05. The lowest BCUT2D eigenvalue weighted by atomic mass is 9.90. The Labute approximate surface area is 195 Å². The minimum atomic E-state index is -0.989. The molecule has 33 heavy (non-hydrogen) atoms. The highest BCUT2D eigenvalue weighted by Crippen LogP contribution is 2.47. The average Bonchev–Trinajstić information content (AvgIpc) is 3.31. The van der Waals surface area contributed by atoms with Crippen LogP contribution in [0.3, 0.4) is 0 Å². The first-order chi connectivity index (χ1) is 15.8. The highest BCUT2D eigenvalue weighted by Gasteiger charge is 2.60. The first kappa shape index (κ1) is 21.4. The Morgan fingerprint density at radius 2 is 1.45 bits per heavy atom. The summed E-state index contributed by atoms with van der Waals surface area (Å²) in [4.78, 5) is 36.0. The number of hydrogen-bond donors (Lipinski definition) is 0. The standard InChI is InChI=1S/C25H21ClFN3O3/c1-28(2)18-9-3-15(4-10-18)22-21-23(33-30(22)20-11-5-16(26)6-12-20)25(32)29(24(21)31)19-13-7-17(27)8-14-19/h3-14,21-23H,1-2H3/t21-,22-,23-/m0/s1. The van der Waals surface area contributed by atoms with Crippen LogP contribution < -0.4 is 14.9 Å². The van der Waals surface area contributed by atoms with Crippen LogP contribution in [0.25, 0.3) is 0 Å². The third-order valence-electron chi connectivity index (χ3n) is 6.03. The first-order valence-electron chi connectivity index (χ1n) is 10.5. The maximum atomic E-state index is 13.5. The molecule has 3 aromatic rings. The predicted octanol–water partition coefficient (Wildman–Crippen LogP) is 4.60. The lowest BCUT2D eigenvalue weighted by Gasteiger charge is -2.29. The van der Waals surface area contributed by atoms with Gasteiger partial charge in [-0.1, -0.05) is 23.7 Å². The Balaban J connectivity index is 1.57. The number of fused-ring (bicyclic) bond motifs is 1.